The summed E-state index contributed by atoms with van der Waals surface area (Å²) in [5.74, 6) is 1.35. The van der Waals surface area contributed by atoms with E-state index in [-0.39, 0.29) is 0 Å². The third-order valence-electron chi connectivity index (χ3n) is 3.13. The van der Waals surface area contributed by atoms with E-state index in [1.54, 1.807) is 18.2 Å². The summed E-state index contributed by atoms with van der Waals surface area (Å²) in [5.41, 5.74) is 7.07. The average molecular weight is 339 g/mol. The quantitative estimate of drug-likeness (QED) is 0.679. The summed E-state index contributed by atoms with van der Waals surface area (Å²) in [7, 11) is 0. The number of hydrogen-bond donors (Lipinski definition) is 1. The van der Waals surface area contributed by atoms with Crippen LogP contribution in [0.4, 0.5) is 5.69 Å². The first kappa shape index (κ1) is 13.5. The molecule has 0 saturated carbocycles. The SMILES string of the molecule is N#Cc1ccc(Oc2cc(N)cc(Br)c2)c2ccccc12. The number of anilines is 1. The molecule has 21 heavy (non-hydrogen) atoms. The molecule has 0 fully saturated rings. The van der Waals surface area contributed by atoms with Crippen LogP contribution in [0.15, 0.2) is 59.1 Å². The van der Waals surface area contributed by atoms with Crippen molar-refractivity contribution >= 4 is 32.4 Å². The average Bonchev–Trinajstić information content (AvgIpc) is 2.46. The van der Waals surface area contributed by atoms with Crippen LogP contribution in [0.2, 0.25) is 0 Å². The van der Waals surface area contributed by atoms with E-state index < -0.39 is 0 Å². The second kappa shape index (κ2) is 5.47. The van der Waals surface area contributed by atoms with Crippen molar-refractivity contribution in [2.45, 2.75) is 0 Å². The predicted molar refractivity (Wildman–Crippen MR) is 87.3 cm³/mol. The lowest BCUT2D eigenvalue weighted by Crippen LogP contribution is -1.90. The molecule has 2 N–H and O–H groups in total. The summed E-state index contributed by atoms with van der Waals surface area (Å²) in [4.78, 5) is 0. The predicted octanol–water partition coefficient (Wildman–Crippen LogP) is 4.85. The largest absolute Gasteiger partial charge is 0.457 e. The molecule has 0 amide bonds. The van der Waals surface area contributed by atoms with Gasteiger partial charge in [-0.1, -0.05) is 40.2 Å². The lowest BCUT2D eigenvalue weighted by Gasteiger charge is -2.11. The normalized spacial score (nSPS) is 10.3. The molecule has 0 bridgehead atoms. The van der Waals surface area contributed by atoms with Crippen LogP contribution in [0.1, 0.15) is 5.56 Å². The van der Waals surface area contributed by atoms with E-state index in [1.807, 2.05) is 36.4 Å². The molecule has 0 aliphatic heterocycles. The van der Waals surface area contributed by atoms with Crippen molar-refractivity contribution in [2.75, 3.05) is 5.73 Å². The summed E-state index contributed by atoms with van der Waals surface area (Å²) >= 11 is 3.40. The Morgan fingerprint density at radius 1 is 1.00 bits per heavy atom. The molecule has 0 aliphatic rings. The maximum Gasteiger partial charge on any atom is 0.135 e. The number of halogens is 1. The Balaban J connectivity index is 2.11. The molecule has 0 heterocycles. The van der Waals surface area contributed by atoms with Gasteiger partial charge in [-0.3, -0.25) is 0 Å². The fourth-order valence-electron chi connectivity index (χ4n) is 2.23. The van der Waals surface area contributed by atoms with E-state index in [0.717, 1.165) is 15.2 Å². The topological polar surface area (TPSA) is 59.0 Å². The number of rotatable bonds is 2. The van der Waals surface area contributed by atoms with Crippen LogP contribution in [-0.4, -0.2) is 0 Å². The van der Waals surface area contributed by atoms with Gasteiger partial charge >= 0.3 is 0 Å². The van der Waals surface area contributed by atoms with E-state index >= 15 is 0 Å². The van der Waals surface area contributed by atoms with Crippen LogP contribution in [-0.2, 0) is 0 Å². The molecule has 3 aromatic carbocycles. The highest BCUT2D eigenvalue weighted by molar-refractivity contribution is 9.10. The Hall–Kier alpha value is -2.51. The summed E-state index contributed by atoms with van der Waals surface area (Å²) in [6.07, 6.45) is 0. The van der Waals surface area contributed by atoms with Crippen molar-refractivity contribution in [2.24, 2.45) is 0 Å². The fraction of sp³-hybridized carbons (Fsp3) is 0. The van der Waals surface area contributed by atoms with Crippen molar-refractivity contribution in [1.82, 2.24) is 0 Å². The van der Waals surface area contributed by atoms with Crippen molar-refractivity contribution in [3.8, 4) is 17.6 Å². The number of nitrogens with zero attached hydrogens (tertiary/aromatic N) is 1. The van der Waals surface area contributed by atoms with Gasteiger partial charge in [0.2, 0.25) is 0 Å². The van der Waals surface area contributed by atoms with Gasteiger partial charge in [-0.05, 0) is 24.3 Å². The molecule has 102 valence electrons. The molecular formula is C17H11BrN2O. The fourth-order valence-corrected chi connectivity index (χ4v) is 2.72. The molecule has 3 rings (SSSR count). The zero-order valence-electron chi connectivity index (χ0n) is 11.0. The number of ether oxygens (including phenoxy) is 1. The van der Waals surface area contributed by atoms with Gasteiger partial charge in [0.15, 0.2) is 0 Å². The van der Waals surface area contributed by atoms with Crippen LogP contribution in [0.3, 0.4) is 0 Å². The van der Waals surface area contributed by atoms with Crippen LogP contribution < -0.4 is 10.5 Å². The minimum Gasteiger partial charge on any atom is -0.457 e. The number of fused-ring (bicyclic) bond motifs is 1. The lowest BCUT2D eigenvalue weighted by atomic mass is 10.0. The summed E-state index contributed by atoms with van der Waals surface area (Å²) < 4.78 is 6.79. The highest BCUT2D eigenvalue weighted by Gasteiger charge is 2.08. The third-order valence-corrected chi connectivity index (χ3v) is 3.58. The first-order valence-corrected chi connectivity index (χ1v) is 7.12. The zero-order chi connectivity index (χ0) is 14.8. The van der Waals surface area contributed by atoms with Crippen LogP contribution in [0, 0.1) is 11.3 Å². The minimum atomic E-state index is 0.623. The van der Waals surface area contributed by atoms with Crippen LogP contribution in [0.5, 0.6) is 11.5 Å². The number of hydrogen-bond acceptors (Lipinski definition) is 3. The van der Waals surface area contributed by atoms with E-state index in [9.17, 15) is 5.26 Å². The monoisotopic (exact) mass is 338 g/mol. The zero-order valence-corrected chi connectivity index (χ0v) is 12.6. The molecule has 0 saturated heterocycles. The Bertz CT molecular complexity index is 848. The van der Waals surface area contributed by atoms with Gasteiger partial charge in [0.1, 0.15) is 11.5 Å². The smallest absolute Gasteiger partial charge is 0.135 e. The van der Waals surface area contributed by atoms with Gasteiger partial charge < -0.3 is 10.5 Å². The van der Waals surface area contributed by atoms with Crippen molar-refractivity contribution in [3.05, 3.63) is 64.6 Å². The molecule has 0 aliphatic carbocycles. The molecular weight excluding hydrogens is 328 g/mol. The van der Waals surface area contributed by atoms with Crippen molar-refractivity contribution in [3.63, 3.8) is 0 Å². The van der Waals surface area contributed by atoms with E-state index in [2.05, 4.69) is 22.0 Å². The summed E-state index contributed by atoms with van der Waals surface area (Å²) in [5, 5.41) is 10.9. The molecule has 4 heteroatoms. The number of nitrogen functional groups attached to an aromatic ring is 1. The van der Waals surface area contributed by atoms with Crippen LogP contribution in [0.25, 0.3) is 10.8 Å². The second-order valence-electron chi connectivity index (χ2n) is 4.59. The summed E-state index contributed by atoms with van der Waals surface area (Å²) in [6, 6.07) is 18.9. The van der Waals surface area contributed by atoms with Gasteiger partial charge in [0.25, 0.3) is 0 Å². The Morgan fingerprint density at radius 3 is 2.48 bits per heavy atom. The van der Waals surface area contributed by atoms with E-state index in [1.165, 1.54) is 0 Å². The van der Waals surface area contributed by atoms with E-state index in [4.69, 9.17) is 10.5 Å². The first-order chi connectivity index (χ1) is 10.2. The highest BCUT2D eigenvalue weighted by atomic mass is 79.9. The van der Waals surface area contributed by atoms with Crippen molar-refractivity contribution < 1.29 is 4.74 Å². The highest BCUT2D eigenvalue weighted by Crippen LogP contribution is 2.33. The maximum atomic E-state index is 9.18. The van der Waals surface area contributed by atoms with E-state index in [0.29, 0.717) is 22.7 Å². The van der Waals surface area contributed by atoms with Crippen molar-refractivity contribution in [1.29, 1.82) is 5.26 Å². The molecule has 0 aromatic heterocycles. The van der Waals surface area contributed by atoms with Gasteiger partial charge in [0.05, 0.1) is 11.6 Å². The maximum absolute atomic E-state index is 9.18. The van der Waals surface area contributed by atoms with Gasteiger partial charge in [0, 0.05) is 27.0 Å². The molecule has 3 nitrogen and oxygen atoms in total. The molecule has 0 unspecified atom stereocenters. The van der Waals surface area contributed by atoms with Gasteiger partial charge in [-0.15, -0.1) is 0 Å². The molecule has 0 spiro atoms. The molecule has 3 aromatic rings. The van der Waals surface area contributed by atoms with Gasteiger partial charge in [-0.2, -0.15) is 5.26 Å². The standard InChI is InChI=1S/C17H11BrN2O/c18-12-7-13(20)9-14(8-12)21-17-6-5-11(10-19)15-3-1-2-4-16(15)17/h1-9H,20H2. The number of nitrogens with two attached hydrogens (primary N) is 1. The van der Waals surface area contributed by atoms with Crippen LogP contribution >= 0.6 is 15.9 Å². The lowest BCUT2D eigenvalue weighted by molar-refractivity contribution is 0.488. The minimum absolute atomic E-state index is 0.623. The number of nitriles is 1. The number of benzene rings is 3. The Labute approximate surface area is 130 Å². The second-order valence-corrected chi connectivity index (χ2v) is 5.51. The van der Waals surface area contributed by atoms with Gasteiger partial charge in [-0.25, -0.2) is 0 Å². The third kappa shape index (κ3) is 2.69. The molecule has 0 radical (unpaired) electrons. The Kier molecular flexibility index (Phi) is 3.51. The summed E-state index contributed by atoms with van der Waals surface area (Å²) in [6.45, 7) is 0. The Morgan fingerprint density at radius 2 is 1.76 bits per heavy atom. The molecule has 0 atom stereocenters. The first-order valence-electron chi connectivity index (χ1n) is 6.33.